The van der Waals surface area contributed by atoms with Crippen LogP contribution in [0.25, 0.3) is 0 Å². The molecule has 0 saturated carbocycles. The van der Waals surface area contributed by atoms with Gasteiger partial charge in [-0.25, -0.2) is 9.18 Å². The van der Waals surface area contributed by atoms with Crippen LogP contribution in [0.3, 0.4) is 0 Å². The van der Waals surface area contributed by atoms with Gasteiger partial charge in [-0.3, -0.25) is 9.59 Å². The summed E-state index contributed by atoms with van der Waals surface area (Å²) in [7, 11) is 0. The third-order valence-corrected chi connectivity index (χ3v) is 4.22. The summed E-state index contributed by atoms with van der Waals surface area (Å²) in [6.45, 7) is 2.24. The number of amides is 3. The van der Waals surface area contributed by atoms with E-state index in [1.165, 1.54) is 12.1 Å². The van der Waals surface area contributed by atoms with Gasteiger partial charge < -0.3 is 20.2 Å². The second-order valence-corrected chi connectivity index (χ2v) is 6.26. The number of urea groups is 1. The number of aliphatic carboxylic acids is 1. The highest BCUT2D eigenvalue weighted by molar-refractivity contribution is 5.79. The maximum Gasteiger partial charge on any atom is 0.317 e. The smallest absolute Gasteiger partial charge is 0.317 e. The maximum absolute atomic E-state index is 13.2. The van der Waals surface area contributed by atoms with Gasteiger partial charge in [0.15, 0.2) is 0 Å². The van der Waals surface area contributed by atoms with Crippen LogP contribution >= 0.6 is 0 Å². The molecule has 0 aromatic heterocycles. The Balaban J connectivity index is 1.78. The van der Waals surface area contributed by atoms with E-state index >= 15 is 0 Å². The van der Waals surface area contributed by atoms with E-state index in [1.54, 1.807) is 21.9 Å². The Bertz CT molecular complexity index is 653. The van der Waals surface area contributed by atoms with Crippen molar-refractivity contribution in [1.29, 1.82) is 0 Å². The Morgan fingerprint density at radius 3 is 2.58 bits per heavy atom. The number of carboxylic acid groups (broad SMARTS) is 1. The van der Waals surface area contributed by atoms with Gasteiger partial charge in [0.1, 0.15) is 5.82 Å². The van der Waals surface area contributed by atoms with Crippen LogP contribution in [-0.4, -0.2) is 65.5 Å². The van der Waals surface area contributed by atoms with Crippen molar-refractivity contribution in [2.75, 3.05) is 32.7 Å². The zero-order valence-electron chi connectivity index (χ0n) is 14.6. The molecule has 26 heavy (non-hydrogen) atoms. The van der Waals surface area contributed by atoms with Crippen molar-refractivity contribution < 1.29 is 23.9 Å². The average Bonchev–Trinajstić information content (AvgIpc) is 2.84. The molecule has 8 heteroatoms. The minimum absolute atomic E-state index is 0.0165. The number of nitrogens with zero attached hydrogens (tertiary/aromatic N) is 2. The van der Waals surface area contributed by atoms with Gasteiger partial charge in [0.05, 0.1) is 6.42 Å². The first-order chi connectivity index (χ1) is 12.5. The number of benzene rings is 1. The van der Waals surface area contributed by atoms with Gasteiger partial charge in [-0.15, -0.1) is 0 Å². The van der Waals surface area contributed by atoms with Crippen LogP contribution < -0.4 is 5.32 Å². The summed E-state index contributed by atoms with van der Waals surface area (Å²) in [5.74, 6) is -1.34. The lowest BCUT2D eigenvalue weighted by molar-refractivity contribution is -0.137. The van der Waals surface area contributed by atoms with E-state index in [0.29, 0.717) is 51.1 Å². The molecule has 2 rings (SSSR count). The van der Waals surface area contributed by atoms with Gasteiger partial charge in [-0.1, -0.05) is 12.1 Å². The Morgan fingerprint density at radius 1 is 1.12 bits per heavy atom. The largest absolute Gasteiger partial charge is 0.481 e. The number of carboxylic acids is 1. The lowest BCUT2D eigenvalue weighted by Crippen LogP contribution is -2.43. The van der Waals surface area contributed by atoms with E-state index < -0.39 is 5.97 Å². The lowest BCUT2D eigenvalue weighted by Gasteiger charge is -2.22. The summed E-state index contributed by atoms with van der Waals surface area (Å²) in [6, 6.07) is 5.75. The molecule has 0 radical (unpaired) electrons. The standard InChI is InChI=1S/C18H24FN3O4/c19-15-5-1-4-14(12-15)13-16(23)21-8-3-9-22(11-10-21)18(26)20-7-2-6-17(24)25/h1,4-5,12H,2-3,6-11,13H2,(H,20,26)(H,24,25). The highest BCUT2D eigenvalue weighted by atomic mass is 19.1. The summed E-state index contributed by atoms with van der Waals surface area (Å²) in [6.07, 6.45) is 1.20. The summed E-state index contributed by atoms with van der Waals surface area (Å²) in [5.41, 5.74) is 0.632. The van der Waals surface area contributed by atoms with Crippen molar-refractivity contribution in [2.45, 2.75) is 25.7 Å². The van der Waals surface area contributed by atoms with Gasteiger partial charge in [0, 0.05) is 39.1 Å². The predicted molar refractivity (Wildman–Crippen MR) is 93.1 cm³/mol. The summed E-state index contributed by atoms with van der Waals surface area (Å²) in [4.78, 5) is 38.3. The van der Waals surface area contributed by atoms with Crippen molar-refractivity contribution in [1.82, 2.24) is 15.1 Å². The van der Waals surface area contributed by atoms with E-state index in [-0.39, 0.29) is 30.6 Å². The van der Waals surface area contributed by atoms with Crippen molar-refractivity contribution in [3.63, 3.8) is 0 Å². The first-order valence-corrected chi connectivity index (χ1v) is 8.72. The molecule has 0 atom stereocenters. The van der Waals surface area contributed by atoms with Gasteiger partial charge in [0.2, 0.25) is 5.91 Å². The summed E-state index contributed by atoms with van der Waals surface area (Å²) < 4.78 is 13.2. The van der Waals surface area contributed by atoms with Crippen LogP contribution in [0, 0.1) is 5.82 Å². The Morgan fingerprint density at radius 2 is 1.85 bits per heavy atom. The Hall–Kier alpha value is -2.64. The van der Waals surface area contributed by atoms with Gasteiger partial charge in [-0.2, -0.15) is 0 Å². The fraction of sp³-hybridized carbons (Fsp3) is 0.500. The van der Waals surface area contributed by atoms with E-state index in [2.05, 4.69) is 5.32 Å². The van der Waals surface area contributed by atoms with E-state index in [1.807, 2.05) is 0 Å². The fourth-order valence-corrected chi connectivity index (χ4v) is 2.85. The third-order valence-electron chi connectivity index (χ3n) is 4.22. The number of carbonyl (C=O) groups is 3. The zero-order chi connectivity index (χ0) is 18.9. The zero-order valence-corrected chi connectivity index (χ0v) is 14.6. The molecule has 1 heterocycles. The second kappa shape index (κ2) is 9.74. The van der Waals surface area contributed by atoms with Crippen molar-refractivity contribution >= 4 is 17.9 Å². The lowest BCUT2D eigenvalue weighted by atomic mass is 10.1. The molecule has 1 fully saturated rings. The SMILES string of the molecule is O=C(O)CCCNC(=O)N1CCCN(C(=O)Cc2cccc(F)c2)CC1. The van der Waals surface area contributed by atoms with Gasteiger partial charge in [-0.05, 0) is 30.5 Å². The van der Waals surface area contributed by atoms with E-state index in [0.717, 1.165) is 0 Å². The number of hydrogen-bond donors (Lipinski definition) is 2. The van der Waals surface area contributed by atoms with Gasteiger partial charge in [0.25, 0.3) is 0 Å². The predicted octanol–water partition coefficient (Wildman–Crippen LogP) is 1.48. The molecule has 1 aliphatic rings. The summed E-state index contributed by atoms with van der Waals surface area (Å²) >= 11 is 0. The molecule has 1 aromatic rings. The number of hydrogen-bond acceptors (Lipinski definition) is 3. The molecule has 2 N–H and O–H groups in total. The van der Waals surface area contributed by atoms with E-state index in [4.69, 9.17) is 5.11 Å². The highest BCUT2D eigenvalue weighted by Gasteiger charge is 2.22. The number of nitrogens with one attached hydrogen (secondary N) is 1. The van der Waals surface area contributed by atoms with Crippen LogP contribution in [-0.2, 0) is 16.0 Å². The Labute approximate surface area is 151 Å². The molecule has 1 aromatic carbocycles. The van der Waals surface area contributed by atoms with Crippen molar-refractivity contribution in [2.24, 2.45) is 0 Å². The van der Waals surface area contributed by atoms with Crippen molar-refractivity contribution in [3.8, 4) is 0 Å². The van der Waals surface area contributed by atoms with Crippen LogP contribution in [0.4, 0.5) is 9.18 Å². The molecule has 0 aliphatic carbocycles. The molecular weight excluding hydrogens is 341 g/mol. The molecule has 142 valence electrons. The molecule has 7 nitrogen and oxygen atoms in total. The van der Waals surface area contributed by atoms with Crippen molar-refractivity contribution in [3.05, 3.63) is 35.6 Å². The number of halogens is 1. The normalized spacial score (nSPS) is 14.7. The molecule has 1 aliphatic heterocycles. The number of rotatable bonds is 6. The quantitative estimate of drug-likeness (QED) is 0.747. The topological polar surface area (TPSA) is 89.9 Å². The first kappa shape index (κ1) is 19.7. The molecule has 0 bridgehead atoms. The fourth-order valence-electron chi connectivity index (χ4n) is 2.85. The summed E-state index contributed by atoms with van der Waals surface area (Å²) in [5, 5.41) is 11.3. The first-order valence-electron chi connectivity index (χ1n) is 8.72. The average molecular weight is 365 g/mol. The van der Waals surface area contributed by atoms with E-state index in [9.17, 15) is 18.8 Å². The molecule has 1 saturated heterocycles. The van der Waals surface area contributed by atoms with Crippen LogP contribution in [0.2, 0.25) is 0 Å². The maximum atomic E-state index is 13.2. The van der Waals surface area contributed by atoms with Crippen LogP contribution in [0.1, 0.15) is 24.8 Å². The van der Waals surface area contributed by atoms with Gasteiger partial charge >= 0.3 is 12.0 Å². The number of carbonyl (C=O) groups excluding carboxylic acids is 2. The second-order valence-electron chi connectivity index (χ2n) is 6.26. The molecule has 0 spiro atoms. The molecule has 3 amide bonds. The minimum atomic E-state index is -0.888. The minimum Gasteiger partial charge on any atom is -0.481 e. The third kappa shape index (κ3) is 6.34. The highest BCUT2D eigenvalue weighted by Crippen LogP contribution is 2.09. The molecule has 0 unspecified atom stereocenters. The molecular formula is C18H24FN3O4. The van der Waals surface area contributed by atoms with Crippen LogP contribution in [0.5, 0.6) is 0 Å². The van der Waals surface area contributed by atoms with Crippen LogP contribution in [0.15, 0.2) is 24.3 Å². The monoisotopic (exact) mass is 365 g/mol. The Kier molecular flexibility index (Phi) is 7.37.